The Hall–Kier alpha value is -1.51. The predicted molar refractivity (Wildman–Crippen MR) is 51.5 cm³/mol. The number of H-pyrrole nitrogens is 1. The molecule has 68 valence electrons. The van der Waals surface area contributed by atoms with E-state index in [1.54, 1.807) is 6.20 Å². The van der Waals surface area contributed by atoms with Crippen LogP contribution in [0.5, 0.6) is 0 Å². The molecule has 2 aromatic heterocycles. The quantitative estimate of drug-likeness (QED) is 0.739. The first-order valence-corrected chi connectivity index (χ1v) is 4.37. The zero-order chi connectivity index (χ0) is 9.26. The van der Waals surface area contributed by atoms with Crippen molar-refractivity contribution in [3.05, 3.63) is 41.7 Å². The molecule has 0 aliphatic carbocycles. The van der Waals surface area contributed by atoms with E-state index in [4.69, 9.17) is 0 Å². The van der Waals surface area contributed by atoms with E-state index in [0.29, 0.717) is 0 Å². The lowest BCUT2D eigenvalue weighted by molar-refractivity contribution is 0.804. The standard InChI is InChI=1S/C10H13N3/c1-8-3-4-9(13(8)2)7-10-11-5-6-12-10/h3-6H,7H2,1-2H3,(H,11,12). The van der Waals surface area contributed by atoms with Crippen LogP contribution >= 0.6 is 0 Å². The average Bonchev–Trinajstić information content (AvgIpc) is 2.71. The minimum atomic E-state index is 0.872. The maximum atomic E-state index is 4.19. The Bertz CT molecular complexity index is 384. The van der Waals surface area contributed by atoms with Gasteiger partial charge in [0.05, 0.1) is 0 Å². The molecule has 0 spiro atoms. The van der Waals surface area contributed by atoms with Crippen molar-refractivity contribution in [1.29, 1.82) is 0 Å². The number of hydrogen-bond donors (Lipinski definition) is 1. The Labute approximate surface area is 77.4 Å². The molecule has 3 heteroatoms. The molecular weight excluding hydrogens is 162 g/mol. The fourth-order valence-corrected chi connectivity index (χ4v) is 1.41. The third-order valence-corrected chi connectivity index (χ3v) is 2.38. The Morgan fingerprint density at radius 1 is 1.46 bits per heavy atom. The molecule has 2 rings (SSSR count). The molecule has 0 bridgehead atoms. The Kier molecular flexibility index (Phi) is 1.93. The number of rotatable bonds is 2. The maximum Gasteiger partial charge on any atom is 0.111 e. The largest absolute Gasteiger partial charge is 0.351 e. The summed E-state index contributed by atoms with van der Waals surface area (Å²) >= 11 is 0. The highest BCUT2D eigenvalue weighted by Crippen LogP contribution is 2.09. The second kappa shape index (κ2) is 3.09. The number of aryl methyl sites for hydroxylation is 1. The van der Waals surface area contributed by atoms with Gasteiger partial charge < -0.3 is 9.55 Å². The molecule has 0 atom stereocenters. The van der Waals surface area contributed by atoms with Gasteiger partial charge in [-0.3, -0.25) is 0 Å². The highest BCUT2D eigenvalue weighted by Gasteiger charge is 2.02. The molecule has 13 heavy (non-hydrogen) atoms. The number of aromatic nitrogens is 3. The van der Waals surface area contributed by atoms with Crippen molar-refractivity contribution in [2.45, 2.75) is 13.3 Å². The molecule has 0 saturated carbocycles. The Balaban J connectivity index is 2.24. The average molecular weight is 175 g/mol. The minimum absolute atomic E-state index is 0.872. The summed E-state index contributed by atoms with van der Waals surface area (Å²) in [6.07, 6.45) is 4.51. The smallest absolute Gasteiger partial charge is 0.111 e. The van der Waals surface area contributed by atoms with Gasteiger partial charge in [-0.05, 0) is 19.1 Å². The second-order valence-electron chi connectivity index (χ2n) is 3.24. The molecule has 1 N–H and O–H groups in total. The van der Waals surface area contributed by atoms with E-state index < -0.39 is 0 Å². The van der Waals surface area contributed by atoms with Crippen LogP contribution in [0.3, 0.4) is 0 Å². The Morgan fingerprint density at radius 3 is 2.85 bits per heavy atom. The third kappa shape index (κ3) is 1.49. The normalized spacial score (nSPS) is 10.6. The molecule has 0 saturated heterocycles. The lowest BCUT2D eigenvalue weighted by Gasteiger charge is -2.02. The van der Waals surface area contributed by atoms with Crippen LogP contribution in [0, 0.1) is 6.92 Å². The molecule has 0 fully saturated rings. The zero-order valence-electron chi connectivity index (χ0n) is 7.91. The molecule has 0 radical (unpaired) electrons. The Morgan fingerprint density at radius 2 is 2.31 bits per heavy atom. The summed E-state index contributed by atoms with van der Waals surface area (Å²) in [5, 5.41) is 0. The molecule has 0 amide bonds. The van der Waals surface area contributed by atoms with Crippen LogP contribution < -0.4 is 0 Å². The molecule has 0 unspecified atom stereocenters. The van der Waals surface area contributed by atoms with Crippen LogP contribution in [-0.2, 0) is 13.5 Å². The third-order valence-electron chi connectivity index (χ3n) is 2.38. The van der Waals surface area contributed by atoms with Crippen LogP contribution in [0.2, 0.25) is 0 Å². The molecule has 0 aliphatic heterocycles. The maximum absolute atomic E-state index is 4.19. The van der Waals surface area contributed by atoms with Gasteiger partial charge in [0.2, 0.25) is 0 Å². The van der Waals surface area contributed by atoms with Crippen molar-refractivity contribution in [3.8, 4) is 0 Å². The SMILES string of the molecule is Cc1ccc(Cc2ncc[nH]2)n1C. The fraction of sp³-hybridized carbons (Fsp3) is 0.300. The minimum Gasteiger partial charge on any atom is -0.351 e. The lowest BCUT2D eigenvalue weighted by Crippen LogP contribution is -2.00. The highest BCUT2D eigenvalue weighted by atomic mass is 15.0. The van der Waals surface area contributed by atoms with Gasteiger partial charge in [0.15, 0.2) is 0 Å². The van der Waals surface area contributed by atoms with Crippen molar-refractivity contribution >= 4 is 0 Å². The van der Waals surface area contributed by atoms with E-state index in [1.807, 2.05) is 6.20 Å². The van der Waals surface area contributed by atoms with Crippen LogP contribution in [0.15, 0.2) is 24.5 Å². The molecule has 0 aliphatic rings. The van der Waals surface area contributed by atoms with Crippen molar-refractivity contribution < 1.29 is 0 Å². The fourth-order valence-electron chi connectivity index (χ4n) is 1.41. The van der Waals surface area contributed by atoms with Gasteiger partial charge in [0.1, 0.15) is 5.82 Å². The van der Waals surface area contributed by atoms with Gasteiger partial charge in [-0.25, -0.2) is 4.98 Å². The molecule has 2 aromatic rings. The summed E-state index contributed by atoms with van der Waals surface area (Å²) in [5.41, 5.74) is 2.56. The van der Waals surface area contributed by atoms with Crippen LogP contribution in [0.1, 0.15) is 17.2 Å². The monoisotopic (exact) mass is 175 g/mol. The lowest BCUT2D eigenvalue weighted by atomic mass is 10.3. The van der Waals surface area contributed by atoms with Crippen molar-refractivity contribution in [2.75, 3.05) is 0 Å². The first kappa shape index (κ1) is 8.10. The van der Waals surface area contributed by atoms with E-state index in [0.717, 1.165) is 12.2 Å². The summed E-state index contributed by atoms with van der Waals surface area (Å²) in [4.78, 5) is 7.29. The van der Waals surface area contributed by atoms with E-state index in [9.17, 15) is 0 Å². The summed E-state index contributed by atoms with van der Waals surface area (Å²) in [6, 6.07) is 4.26. The van der Waals surface area contributed by atoms with Crippen molar-refractivity contribution in [1.82, 2.24) is 14.5 Å². The zero-order valence-corrected chi connectivity index (χ0v) is 7.91. The highest BCUT2D eigenvalue weighted by molar-refractivity contribution is 5.17. The van der Waals surface area contributed by atoms with Gasteiger partial charge in [0.25, 0.3) is 0 Å². The van der Waals surface area contributed by atoms with Gasteiger partial charge in [0, 0.05) is 37.3 Å². The molecular formula is C10H13N3. The number of imidazole rings is 1. The number of nitrogens with zero attached hydrogens (tertiary/aromatic N) is 2. The summed E-state index contributed by atoms with van der Waals surface area (Å²) in [7, 11) is 2.08. The summed E-state index contributed by atoms with van der Waals surface area (Å²) < 4.78 is 2.18. The van der Waals surface area contributed by atoms with Crippen molar-refractivity contribution in [2.24, 2.45) is 7.05 Å². The van der Waals surface area contributed by atoms with Gasteiger partial charge in [-0.2, -0.15) is 0 Å². The van der Waals surface area contributed by atoms with Crippen LogP contribution in [0.25, 0.3) is 0 Å². The van der Waals surface area contributed by atoms with Gasteiger partial charge in [-0.1, -0.05) is 0 Å². The molecule has 0 aromatic carbocycles. The van der Waals surface area contributed by atoms with Gasteiger partial charge in [-0.15, -0.1) is 0 Å². The van der Waals surface area contributed by atoms with Crippen LogP contribution in [-0.4, -0.2) is 14.5 Å². The van der Waals surface area contributed by atoms with Gasteiger partial charge >= 0.3 is 0 Å². The van der Waals surface area contributed by atoms with E-state index in [2.05, 4.69) is 40.6 Å². The van der Waals surface area contributed by atoms with E-state index >= 15 is 0 Å². The number of hydrogen-bond acceptors (Lipinski definition) is 1. The summed E-state index contributed by atoms with van der Waals surface area (Å²) in [5.74, 6) is 1.02. The summed E-state index contributed by atoms with van der Waals surface area (Å²) in [6.45, 7) is 2.10. The predicted octanol–water partition coefficient (Wildman–Crippen LogP) is 1.65. The van der Waals surface area contributed by atoms with E-state index in [-0.39, 0.29) is 0 Å². The second-order valence-corrected chi connectivity index (χ2v) is 3.24. The number of nitrogens with one attached hydrogen (secondary N) is 1. The molecule has 3 nitrogen and oxygen atoms in total. The topological polar surface area (TPSA) is 33.6 Å². The number of aromatic amines is 1. The van der Waals surface area contributed by atoms with E-state index in [1.165, 1.54) is 11.4 Å². The first-order chi connectivity index (χ1) is 6.27. The molecule has 2 heterocycles. The van der Waals surface area contributed by atoms with Crippen molar-refractivity contribution in [3.63, 3.8) is 0 Å². The van der Waals surface area contributed by atoms with Crippen LogP contribution in [0.4, 0.5) is 0 Å². The first-order valence-electron chi connectivity index (χ1n) is 4.37.